The summed E-state index contributed by atoms with van der Waals surface area (Å²) in [5.74, 6) is 1.24. The minimum absolute atomic E-state index is 0.0570. The highest BCUT2D eigenvalue weighted by molar-refractivity contribution is 5.93. The molecular formula is C25H30N4O3. The number of hydrogen-bond acceptors (Lipinski definition) is 5. The number of benzene rings is 2. The molecule has 7 nitrogen and oxygen atoms in total. The van der Waals surface area contributed by atoms with Gasteiger partial charge in [0.05, 0.1) is 5.69 Å². The maximum absolute atomic E-state index is 12.4. The van der Waals surface area contributed by atoms with Gasteiger partial charge in [-0.2, -0.15) is 5.10 Å². The van der Waals surface area contributed by atoms with E-state index in [2.05, 4.69) is 15.3 Å². The zero-order valence-corrected chi connectivity index (χ0v) is 18.7. The van der Waals surface area contributed by atoms with Gasteiger partial charge in [-0.3, -0.25) is 14.4 Å². The van der Waals surface area contributed by atoms with Gasteiger partial charge >= 0.3 is 0 Å². The van der Waals surface area contributed by atoms with Gasteiger partial charge in [-0.1, -0.05) is 12.1 Å². The number of carbonyl (C=O) groups is 1. The Kier molecular flexibility index (Phi) is 7.07. The average Bonchev–Trinajstić information content (AvgIpc) is 3.45. The maximum Gasteiger partial charge on any atom is 0.262 e. The van der Waals surface area contributed by atoms with E-state index in [4.69, 9.17) is 9.47 Å². The minimum atomic E-state index is -0.217. The Morgan fingerprint density at radius 2 is 1.94 bits per heavy atom. The van der Waals surface area contributed by atoms with Crippen molar-refractivity contribution < 1.29 is 14.3 Å². The monoisotopic (exact) mass is 434 g/mol. The molecule has 1 saturated heterocycles. The standard InChI is InChI=1S/C25H30N4O3/c1-19-6-5-7-21(16-19)32-18-25(30)27-20-8-9-24(31-15-14-29-12-3-4-13-29)22(17-20)23-10-11-26-28(23)2/h5-11,16-17H,3-4,12-15,18H2,1-2H3,(H,27,30). The van der Waals surface area contributed by atoms with Crippen LogP contribution in [0.2, 0.25) is 0 Å². The van der Waals surface area contributed by atoms with Crippen molar-refractivity contribution in [2.75, 3.05) is 38.2 Å². The molecule has 0 aliphatic carbocycles. The highest BCUT2D eigenvalue weighted by atomic mass is 16.5. The quantitative estimate of drug-likeness (QED) is 0.553. The molecule has 2 aromatic carbocycles. The van der Waals surface area contributed by atoms with E-state index >= 15 is 0 Å². The Hall–Kier alpha value is -3.32. The normalized spacial score (nSPS) is 13.8. The summed E-state index contributed by atoms with van der Waals surface area (Å²) in [5, 5.41) is 7.20. The van der Waals surface area contributed by atoms with Gasteiger partial charge < -0.3 is 14.8 Å². The summed E-state index contributed by atoms with van der Waals surface area (Å²) in [4.78, 5) is 14.9. The van der Waals surface area contributed by atoms with Crippen molar-refractivity contribution in [1.82, 2.24) is 14.7 Å². The number of aryl methyl sites for hydroxylation is 2. The van der Waals surface area contributed by atoms with Crippen molar-refractivity contribution in [2.45, 2.75) is 19.8 Å². The number of nitrogens with one attached hydrogen (secondary N) is 1. The summed E-state index contributed by atoms with van der Waals surface area (Å²) >= 11 is 0. The van der Waals surface area contributed by atoms with Crippen molar-refractivity contribution >= 4 is 11.6 Å². The fourth-order valence-electron chi connectivity index (χ4n) is 3.91. The van der Waals surface area contributed by atoms with Crippen LogP contribution in [0.25, 0.3) is 11.3 Å². The zero-order chi connectivity index (χ0) is 22.3. The van der Waals surface area contributed by atoms with Crippen molar-refractivity contribution in [2.24, 2.45) is 7.05 Å². The lowest BCUT2D eigenvalue weighted by molar-refractivity contribution is -0.118. The van der Waals surface area contributed by atoms with E-state index in [0.29, 0.717) is 18.0 Å². The molecule has 0 radical (unpaired) electrons. The topological polar surface area (TPSA) is 68.6 Å². The van der Waals surface area contributed by atoms with Gasteiger partial charge in [0.25, 0.3) is 5.91 Å². The highest BCUT2D eigenvalue weighted by Gasteiger charge is 2.15. The molecule has 0 unspecified atom stereocenters. The lowest BCUT2D eigenvalue weighted by Crippen LogP contribution is -2.25. The molecule has 7 heteroatoms. The SMILES string of the molecule is Cc1cccc(OCC(=O)Nc2ccc(OCCN3CCCC3)c(-c3ccnn3C)c2)c1. The number of likely N-dealkylation sites (tertiary alicyclic amines) is 1. The largest absolute Gasteiger partial charge is 0.492 e. The average molecular weight is 435 g/mol. The fraction of sp³-hybridized carbons (Fsp3) is 0.360. The number of nitrogens with zero attached hydrogens (tertiary/aromatic N) is 3. The van der Waals surface area contributed by atoms with E-state index in [0.717, 1.165) is 42.2 Å². The van der Waals surface area contributed by atoms with Gasteiger partial charge in [-0.25, -0.2) is 0 Å². The number of ether oxygens (including phenoxy) is 2. The third-order valence-electron chi connectivity index (χ3n) is 5.58. The summed E-state index contributed by atoms with van der Waals surface area (Å²) in [6.45, 7) is 5.77. The van der Waals surface area contributed by atoms with E-state index < -0.39 is 0 Å². The fourth-order valence-corrected chi connectivity index (χ4v) is 3.91. The third kappa shape index (κ3) is 5.68. The Morgan fingerprint density at radius 1 is 1.09 bits per heavy atom. The first-order valence-electron chi connectivity index (χ1n) is 11.1. The molecule has 2 heterocycles. The lowest BCUT2D eigenvalue weighted by Gasteiger charge is -2.17. The molecule has 168 valence electrons. The van der Waals surface area contributed by atoms with Crippen LogP contribution in [0.15, 0.2) is 54.7 Å². The molecule has 0 saturated carbocycles. The van der Waals surface area contributed by atoms with Crippen molar-refractivity contribution in [3.63, 3.8) is 0 Å². The van der Waals surface area contributed by atoms with Gasteiger partial charge in [0.1, 0.15) is 18.1 Å². The number of amides is 1. The Labute approximate surface area is 188 Å². The lowest BCUT2D eigenvalue weighted by atomic mass is 10.1. The van der Waals surface area contributed by atoms with E-state index in [1.807, 2.05) is 62.5 Å². The molecule has 1 fully saturated rings. The first-order valence-corrected chi connectivity index (χ1v) is 11.1. The second-order valence-electron chi connectivity index (χ2n) is 8.10. The van der Waals surface area contributed by atoms with E-state index in [-0.39, 0.29) is 12.5 Å². The van der Waals surface area contributed by atoms with E-state index in [9.17, 15) is 4.79 Å². The van der Waals surface area contributed by atoms with Crippen LogP contribution in [0.1, 0.15) is 18.4 Å². The van der Waals surface area contributed by atoms with E-state index in [1.54, 1.807) is 10.9 Å². The second kappa shape index (κ2) is 10.3. The number of carbonyl (C=O) groups excluding carboxylic acids is 1. The summed E-state index contributed by atoms with van der Waals surface area (Å²) in [6.07, 6.45) is 4.29. The summed E-state index contributed by atoms with van der Waals surface area (Å²) < 4.78 is 13.5. The Morgan fingerprint density at radius 3 is 2.69 bits per heavy atom. The molecule has 1 aromatic heterocycles. The Bertz CT molecular complexity index is 1060. The molecule has 1 aliphatic heterocycles. The van der Waals surface area contributed by atoms with Crippen LogP contribution in [-0.2, 0) is 11.8 Å². The van der Waals surface area contributed by atoms with E-state index in [1.165, 1.54) is 12.8 Å². The molecular weight excluding hydrogens is 404 g/mol. The predicted octanol–water partition coefficient (Wildman–Crippen LogP) is 3.89. The van der Waals surface area contributed by atoms with Gasteiger partial charge in [0, 0.05) is 31.0 Å². The molecule has 4 rings (SSSR count). The van der Waals surface area contributed by atoms with Crippen LogP contribution in [-0.4, -0.2) is 53.4 Å². The van der Waals surface area contributed by atoms with Crippen LogP contribution in [0.3, 0.4) is 0 Å². The van der Waals surface area contributed by atoms with Crippen LogP contribution in [0.4, 0.5) is 5.69 Å². The van der Waals surface area contributed by atoms with Crippen molar-refractivity contribution in [1.29, 1.82) is 0 Å². The van der Waals surface area contributed by atoms with Crippen LogP contribution in [0, 0.1) is 6.92 Å². The number of rotatable bonds is 9. The second-order valence-corrected chi connectivity index (χ2v) is 8.10. The van der Waals surface area contributed by atoms with Gasteiger partial charge in [-0.05, 0) is 74.8 Å². The Balaban J connectivity index is 1.43. The highest BCUT2D eigenvalue weighted by Crippen LogP contribution is 2.32. The first-order chi connectivity index (χ1) is 15.6. The van der Waals surface area contributed by atoms with Crippen LogP contribution in [0.5, 0.6) is 11.5 Å². The summed E-state index contributed by atoms with van der Waals surface area (Å²) in [7, 11) is 1.89. The predicted molar refractivity (Wildman–Crippen MR) is 125 cm³/mol. The molecule has 0 bridgehead atoms. The summed E-state index contributed by atoms with van der Waals surface area (Å²) in [5.41, 5.74) is 3.59. The molecule has 1 N–H and O–H groups in total. The molecule has 1 amide bonds. The maximum atomic E-state index is 12.4. The zero-order valence-electron chi connectivity index (χ0n) is 18.7. The van der Waals surface area contributed by atoms with Crippen LogP contribution < -0.4 is 14.8 Å². The molecule has 0 spiro atoms. The smallest absolute Gasteiger partial charge is 0.262 e. The molecule has 3 aromatic rings. The summed E-state index contributed by atoms with van der Waals surface area (Å²) in [6, 6.07) is 15.3. The number of hydrogen-bond donors (Lipinski definition) is 1. The first kappa shape index (κ1) is 21.9. The molecule has 1 aliphatic rings. The number of anilines is 1. The molecule has 0 atom stereocenters. The van der Waals surface area contributed by atoms with Crippen molar-refractivity contribution in [3.05, 3.63) is 60.3 Å². The van der Waals surface area contributed by atoms with Crippen LogP contribution >= 0.6 is 0 Å². The molecule has 32 heavy (non-hydrogen) atoms. The van der Waals surface area contributed by atoms with Gasteiger partial charge in [0.15, 0.2) is 6.61 Å². The van der Waals surface area contributed by atoms with Gasteiger partial charge in [-0.15, -0.1) is 0 Å². The number of aromatic nitrogens is 2. The third-order valence-corrected chi connectivity index (χ3v) is 5.58. The minimum Gasteiger partial charge on any atom is -0.492 e. The van der Waals surface area contributed by atoms with Crippen molar-refractivity contribution in [3.8, 4) is 22.8 Å². The van der Waals surface area contributed by atoms with Gasteiger partial charge in [0.2, 0.25) is 0 Å².